The number of nitrogens with two attached hydrogens (primary N) is 1. The van der Waals surface area contributed by atoms with Crippen LogP contribution in [0.2, 0.25) is 5.02 Å². The number of halogens is 1. The Morgan fingerprint density at radius 1 is 1.33 bits per heavy atom. The van der Waals surface area contributed by atoms with E-state index < -0.39 is 0 Å². The summed E-state index contributed by atoms with van der Waals surface area (Å²) in [5.41, 5.74) is 7.13. The number of nitrogens with one attached hydrogen (secondary N) is 1. The van der Waals surface area contributed by atoms with Crippen molar-refractivity contribution in [3.63, 3.8) is 0 Å². The molecule has 2 aromatic rings. The number of nitrogens with zero attached hydrogens (tertiary/aromatic N) is 1. The van der Waals surface area contributed by atoms with Crippen LogP contribution in [0.3, 0.4) is 0 Å². The Balaban J connectivity index is 2.03. The molecule has 3 N–H and O–H groups in total. The maximum Gasteiger partial charge on any atom is 0.229 e. The predicted molar refractivity (Wildman–Crippen MR) is 72.4 cm³/mol. The number of carbonyl (C=O) groups is 1. The van der Waals surface area contributed by atoms with Crippen molar-refractivity contribution in [2.75, 3.05) is 11.1 Å². The zero-order valence-corrected chi connectivity index (χ0v) is 10.3. The van der Waals surface area contributed by atoms with Crippen molar-refractivity contribution >= 4 is 29.0 Å². The lowest BCUT2D eigenvalue weighted by atomic mass is 10.1. The second-order valence-corrected chi connectivity index (χ2v) is 4.21. The van der Waals surface area contributed by atoms with Crippen molar-refractivity contribution in [3.8, 4) is 0 Å². The van der Waals surface area contributed by atoms with Crippen LogP contribution in [0.5, 0.6) is 0 Å². The van der Waals surface area contributed by atoms with Crippen LogP contribution in [0.25, 0.3) is 0 Å². The molecule has 0 spiro atoms. The number of pyridine rings is 1. The van der Waals surface area contributed by atoms with Gasteiger partial charge in [0.25, 0.3) is 0 Å². The molecule has 1 aromatic heterocycles. The highest BCUT2D eigenvalue weighted by Gasteiger charge is 2.07. The zero-order chi connectivity index (χ0) is 13.0. The van der Waals surface area contributed by atoms with Gasteiger partial charge >= 0.3 is 0 Å². The first-order chi connectivity index (χ1) is 8.65. The molecule has 1 amide bonds. The first-order valence-electron chi connectivity index (χ1n) is 5.40. The standard InChI is InChI=1S/C13H12ClN3O/c14-11-5-2-6-16-13(11)17-12(18)8-9-3-1-4-10(15)7-9/h1-7H,8,15H2,(H,16,17,18). The van der Waals surface area contributed by atoms with Gasteiger partial charge in [-0.25, -0.2) is 4.98 Å². The van der Waals surface area contributed by atoms with Gasteiger partial charge in [0.15, 0.2) is 5.82 Å². The van der Waals surface area contributed by atoms with Crippen LogP contribution in [0.1, 0.15) is 5.56 Å². The van der Waals surface area contributed by atoms with Crippen LogP contribution in [0.4, 0.5) is 11.5 Å². The Hall–Kier alpha value is -2.07. The minimum absolute atomic E-state index is 0.179. The van der Waals surface area contributed by atoms with E-state index in [-0.39, 0.29) is 12.3 Å². The van der Waals surface area contributed by atoms with E-state index in [0.717, 1.165) is 5.56 Å². The van der Waals surface area contributed by atoms with E-state index in [0.29, 0.717) is 16.5 Å². The SMILES string of the molecule is Nc1cccc(CC(=O)Nc2ncccc2Cl)c1. The van der Waals surface area contributed by atoms with E-state index in [4.69, 9.17) is 17.3 Å². The maximum absolute atomic E-state index is 11.8. The van der Waals surface area contributed by atoms with Crippen molar-refractivity contribution < 1.29 is 4.79 Å². The molecule has 1 heterocycles. The molecule has 0 bridgehead atoms. The van der Waals surface area contributed by atoms with Crippen LogP contribution in [0, 0.1) is 0 Å². The van der Waals surface area contributed by atoms with Gasteiger partial charge < -0.3 is 11.1 Å². The Bertz CT molecular complexity index is 572. The molecular formula is C13H12ClN3O. The lowest BCUT2D eigenvalue weighted by Gasteiger charge is -2.06. The van der Waals surface area contributed by atoms with Crippen LogP contribution >= 0.6 is 11.6 Å². The van der Waals surface area contributed by atoms with Gasteiger partial charge in [0.05, 0.1) is 11.4 Å². The fraction of sp³-hybridized carbons (Fsp3) is 0.0769. The lowest BCUT2D eigenvalue weighted by Crippen LogP contribution is -2.15. The van der Waals surface area contributed by atoms with Crippen molar-refractivity contribution in [1.29, 1.82) is 0 Å². The van der Waals surface area contributed by atoms with E-state index >= 15 is 0 Å². The summed E-state index contributed by atoms with van der Waals surface area (Å²) in [5.74, 6) is 0.189. The molecule has 2 rings (SSSR count). The highest BCUT2D eigenvalue weighted by molar-refractivity contribution is 6.33. The second-order valence-electron chi connectivity index (χ2n) is 3.80. The molecule has 0 aliphatic carbocycles. The molecule has 5 heteroatoms. The molecule has 92 valence electrons. The topological polar surface area (TPSA) is 68.0 Å². The zero-order valence-electron chi connectivity index (χ0n) is 9.56. The molecule has 0 aliphatic heterocycles. The van der Waals surface area contributed by atoms with Crippen LogP contribution in [-0.4, -0.2) is 10.9 Å². The molecular weight excluding hydrogens is 250 g/mol. The van der Waals surface area contributed by atoms with E-state index in [1.807, 2.05) is 12.1 Å². The number of rotatable bonds is 3. The molecule has 0 saturated heterocycles. The minimum Gasteiger partial charge on any atom is -0.399 e. The predicted octanol–water partition coefficient (Wildman–Crippen LogP) is 2.50. The lowest BCUT2D eigenvalue weighted by molar-refractivity contribution is -0.115. The first-order valence-corrected chi connectivity index (χ1v) is 5.78. The summed E-state index contributed by atoms with van der Waals surface area (Å²) in [4.78, 5) is 15.8. The van der Waals surface area contributed by atoms with E-state index in [1.54, 1.807) is 30.5 Å². The third-order valence-corrected chi connectivity index (χ3v) is 2.64. The van der Waals surface area contributed by atoms with Gasteiger partial charge in [-0.2, -0.15) is 0 Å². The second kappa shape index (κ2) is 5.51. The van der Waals surface area contributed by atoms with Crippen LogP contribution in [0.15, 0.2) is 42.6 Å². The van der Waals surface area contributed by atoms with Gasteiger partial charge in [0.1, 0.15) is 0 Å². The largest absolute Gasteiger partial charge is 0.399 e. The van der Waals surface area contributed by atoms with Crippen LogP contribution < -0.4 is 11.1 Å². The maximum atomic E-state index is 11.8. The fourth-order valence-corrected chi connectivity index (χ4v) is 1.71. The van der Waals surface area contributed by atoms with Crippen molar-refractivity contribution in [3.05, 3.63) is 53.2 Å². The number of carbonyl (C=O) groups excluding carboxylic acids is 1. The quantitative estimate of drug-likeness (QED) is 0.834. The first kappa shape index (κ1) is 12.4. The van der Waals surface area contributed by atoms with Gasteiger partial charge in [0.2, 0.25) is 5.91 Å². The summed E-state index contributed by atoms with van der Waals surface area (Å²) >= 11 is 5.90. The molecule has 0 fully saturated rings. The summed E-state index contributed by atoms with van der Waals surface area (Å²) in [5, 5.41) is 3.07. The van der Waals surface area contributed by atoms with E-state index in [2.05, 4.69) is 10.3 Å². The summed E-state index contributed by atoms with van der Waals surface area (Å²) in [6.07, 6.45) is 1.81. The average molecular weight is 262 g/mol. The highest BCUT2D eigenvalue weighted by atomic mass is 35.5. The molecule has 1 aromatic carbocycles. The number of benzene rings is 1. The van der Waals surface area contributed by atoms with Crippen molar-refractivity contribution in [1.82, 2.24) is 4.98 Å². The third-order valence-electron chi connectivity index (χ3n) is 2.33. The molecule has 18 heavy (non-hydrogen) atoms. The Morgan fingerprint density at radius 3 is 2.89 bits per heavy atom. The van der Waals surface area contributed by atoms with E-state index in [1.165, 1.54) is 0 Å². The third kappa shape index (κ3) is 3.21. The van der Waals surface area contributed by atoms with Gasteiger partial charge in [-0.15, -0.1) is 0 Å². The highest BCUT2D eigenvalue weighted by Crippen LogP contribution is 2.17. The normalized spacial score (nSPS) is 10.1. The van der Waals surface area contributed by atoms with Gasteiger partial charge in [-0.05, 0) is 29.8 Å². The summed E-state index contributed by atoms with van der Waals surface area (Å²) in [6, 6.07) is 10.6. The molecule has 4 nitrogen and oxygen atoms in total. The van der Waals surface area contributed by atoms with Crippen LogP contribution in [-0.2, 0) is 11.2 Å². The summed E-state index contributed by atoms with van der Waals surface area (Å²) < 4.78 is 0. The van der Waals surface area contributed by atoms with E-state index in [9.17, 15) is 4.79 Å². The number of aromatic nitrogens is 1. The van der Waals surface area contributed by atoms with Crippen molar-refractivity contribution in [2.24, 2.45) is 0 Å². The fourth-order valence-electron chi connectivity index (χ4n) is 1.54. The number of hydrogen-bond acceptors (Lipinski definition) is 3. The Kier molecular flexibility index (Phi) is 3.79. The minimum atomic E-state index is -0.179. The smallest absolute Gasteiger partial charge is 0.229 e. The van der Waals surface area contributed by atoms with Gasteiger partial charge in [-0.3, -0.25) is 4.79 Å². The number of nitrogen functional groups attached to an aromatic ring is 1. The Morgan fingerprint density at radius 2 is 2.17 bits per heavy atom. The number of hydrogen-bond donors (Lipinski definition) is 2. The molecule has 0 unspecified atom stereocenters. The summed E-state index contributed by atoms with van der Waals surface area (Å²) in [6.45, 7) is 0. The monoisotopic (exact) mass is 261 g/mol. The number of anilines is 2. The van der Waals surface area contributed by atoms with Gasteiger partial charge in [0, 0.05) is 11.9 Å². The van der Waals surface area contributed by atoms with Crippen molar-refractivity contribution in [2.45, 2.75) is 6.42 Å². The molecule has 0 radical (unpaired) electrons. The summed E-state index contributed by atoms with van der Waals surface area (Å²) in [7, 11) is 0. The average Bonchev–Trinajstić information content (AvgIpc) is 2.32. The van der Waals surface area contributed by atoms with Gasteiger partial charge in [-0.1, -0.05) is 23.7 Å². The molecule has 0 saturated carbocycles. The molecule has 0 aliphatic rings. The number of amides is 1. The Labute approximate surface area is 110 Å². The molecule has 0 atom stereocenters.